The molecule has 0 amide bonds. The molecule has 3 aromatic rings. The van der Waals surface area contributed by atoms with Gasteiger partial charge in [-0.1, -0.05) is 0 Å². The lowest BCUT2D eigenvalue weighted by Crippen LogP contribution is -1.98. The number of nitrogen functional groups attached to an aromatic ring is 1. The van der Waals surface area contributed by atoms with Gasteiger partial charge in [0.25, 0.3) is 0 Å². The molecule has 0 aliphatic carbocycles. The number of aromatic amines is 1. The quantitative estimate of drug-likeness (QED) is 0.706. The van der Waals surface area contributed by atoms with E-state index in [4.69, 9.17) is 15.2 Å². The van der Waals surface area contributed by atoms with Gasteiger partial charge in [-0.2, -0.15) is 10.1 Å². The topological polar surface area (TPSA) is 98.9 Å². The molecule has 0 bridgehead atoms. The molecule has 0 saturated carbocycles. The van der Waals surface area contributed by atoms with E-state index in [0.717, 1.165) is 34.6 Å². The van der Waals surface area contributed by atoms with Crippen molar-refractivity contribution in [3.05, 3.63) is 24.4 Å². The van der Waals surface area contributed by atoms with Gasteiger partial charge in [0.2, 0.25) is 5.95 Å². The van der Waals surface area contributed by atoms with E-state index in [1.54, 1.807) is 6.20 Å². The van der Waals surface area contributed by atoms with Crippen LogP contribution in [-0.4, -0.2) is 33.4 Å². The Kier molecular flexibility index (Phi) is 2.63. The summed E-state index contributed by atoms with van der Waals surface area (Å²) in [5.41, 5.74) is 7.99. The SMILES string of the molecule is Nc1nc(-c2ccc3c(c2)OCCCO3)c2cn[nH]c2n1. The number of hydrogen-bond donors (Lipinski definition) is 2. The molecule has 0 saturated heterocycles. The van der Waals surface area contributed by atoms with Gasteiger partial charge in [0.15, 0.2) is 17.1 Å². The molecule has 2 aromatic heterocycles. The van der Waals surface area contributed by atoms with Gasteiger partial charge in [-0.05, 0) is 18.2 Å². The smallest absolute Gasteiger partial charge is 0.222 e. The molecule has 0 unspecified atom stereocenters. The van der Waals surface area contributed by atoms with Crippen LogP contribution in [0.2, 0.25) is 0 Å². The van der Waals surface area contributed by atoms with Crippen molar-refractivity contribution < 1.29 is 9.47 Å². The van der Waals surface area contributed by atoms with E-state index in [1.807, 2.05) is 18.2 Å². The van der Waals surface area contributed by atoms with E-state index < -0.39 is 0 Å². The second kappa shape index (κ2) is 4.62. The third kappa shape index (κ3) is 2.03. The average molecular weight is 283 g/mol. The molecular formula is C14H13N5O2. The Morgan fingerprint density at radius 2 is 1.95 bits per heavy atom. The number of nitrogens with two attached hydrogens (primary N) is 1. The van der Waals surface area contributed by atoms with Crippen LogP contribution in [0.1, 0.15) is 6.42 Å². The van der Waals surface area contributed by atoms with Crippen molar-refractivity contribution in [2.75, 3.05) is 18.9 Å². The molecule has 1 aliphatic rings. The zero-order valence-corrected chi connectivity index (χ0v) is 11.2. The van der Waals surface area contributed by atoms with E-state index in [0.29, 0.717) is 18.9 Å². The minimum absolute atomic E-state index is 0.203. The summed E-state index contributed by atoms with van der Waals surface area (Å²) in [5, 5.41) is 7.62. The Balaban J connectivity index is 1.89. The summed E-state index contributed by atoms with van der Waals surface area (Å²) in [5.74, 6) is 1.68. The number of fused-ring (bicyclic) bond motifs is 2. The van der Waals surface area contributed by atoms with Gasteiger partial charge in [0, 0.05) is 12.0 Å². The predicted molar refractivity (Wildman–Crippen MR) is 77.1 cm³/mol. The summed E-state index contributed by atoms with van der Waals surface area (Å²) in [6, 6.07) is 5.73. The number of anilines is 1. The summed E-state index contributed by atoms with van der Waals surface area (Å²) < 4.78 is 11.3. The van der Waals surface area contributed by atoms with Crippen molar-refractivity contribution in [3.8, 4) is 22.8 Å². The van der Waals surface area contributed by atoms with E-state index >= 15 is 0 Å². The summed E-state index contributed by atoms with van der Waals surface area (Å²) in [4.78, 5) is 8.44. The van der Waals surface area contributed by atoms with Crippen molar-refractivity contribution in [2.45, 2.75) is 6.42 Å². The van der Waals surface area contributed by atoms with Crippen LogP contribution in [0.25, 0.3) is 22.3 Å². The number of benzene rings is 1. The Hall–Kier alpha value is -2.83. The van der Waals surface area contributed by atoms with E-state index in [9.17, 15) is 0 Å². The van der Waals surface area contributed by atoms with Crippen molar-refractivity contribution in [1.82, 2.24) is 20.2 Å². The van der Waals surface area contributed by atoms with E-state index in [1.165, 1.54) is 0 Å². The van der Waals surface area contributed by atoms with Crippen molar-refractivity contribution >= 4 is 17.0 Å². The Morgan fingerprint density at radius 1 is 1.10 bits per heavy atom. The molecule has 7 nitrogen and oxygen atoms in total. The molecule has 0 fully saturated rings. The fourth-order valence-electron chi connectivity index (χ4n) is 2.38. The maximum Gasteiger partial charge on any atom is 0.222 e. The van der Waals surface area contributed by atoms with Gasteiger partial charge < -0.3 is 15.2 Å². The minimum atomic E-state index is 0.203. The highest BCUT2D eigenvalue weighted by Crippen LogP contribution is 2.35. The largest absolute Gasteiger partial charge is 0.490 e. The fourth-order valence-corrected chi connectivity index (χ4v) is 2.38. The number of H-pyrrole nitrogens is 1. The monoisotopic (exact) mass is 283 g/mol. The van der Waals surface area contributed by atoms with Gasteiger partial charge in [-0.25, -0.2) is 4.98 Å². The van der Waals surface area contributed by atoms with E-state index in [2.05, 4.69) is 20.2 Å². The average Bonchev–Trinajstić information content (AvgIpc) is 2.82. The van der Waals surface area contributed by atoms with Gasteiger partial charge in [0.1, 0.15) is 0 Å². The first-order chi connectivity index (χ1) is 10.3. The first-order valence-electron chi connectivity index (χ1n) is 6.68. The Morgan fingerprint density at radius 3 is 2.86 bits per heavy atom. The number of ether oxygens (including phenoxy) is 2. The summed E-state index contributed by atoms with van der Waals surface area (Å²) in [7, 11) is 0. The maximum atomic E-state index is 5.76. The number of nitrogens with one attached hydrogen (secondary N) is 1. The van der Waals surface area contributed by atoms with Crippen molar-refractivity contribution in [2.24, 2.45) is 0 Å². The second-order valence-electron chi connectivity index (χ2n) is 4.77. The van der Waals surface area contributed by atoms with Crippen molar-refractivity contribution in [3.63, 3.8) is 0 Å². The lowest BCUT2D eigenvalue weighted by atomic mass is 10.1. The van der Waals surface area contributed by atoms with Crippen LogP contribution in [0, 0.1) is 0 Å². The normalized spacial score (nSPS) is 14.1. The molecule has 3 N–H and O–H groups in total. The van der Waals surface area contributed by atoms with Crippen molar-refractivity contribution in [1.29, 1.82) is 0 Å². The molecular weight excluding hydrogens is 270 g/mol. The molecule has 21 heavy (non-hydrogen) atoms. The molecule has 1 aliphatic heterocycles. The summed E-state index contributed by atoms with van der Waals surface area (Å²) >= 11 is 0. The van der Waals surface area contributed by atoms with Crippen LogP contribution in [0.4, 0.5) is 5.95 Å². The second-order valence-corrected chi connectivity index (χ2v) is 4.77. The first kappa shape index (κ1) is 12.0. The Labute approximate surface area is 120 Å². The standard InChI is InChI=1S/C14H13N5O2/c15-14-17-12(9-7-16-19-13(9)18-14)8-2-3-10-11(6-8)21-5-1-4-20-10/h2-3,6-7H,1,4-5H2,(H3,15,16,17,18,19). The van der Waals surface area contributed by atoms with Crippen LogP contribution in [0.3, 0.4) is 0 Å². The third-order valence-electron chi connectivity index (χ3n) is 3.35. The Bertz CT molecular complexity index is 814. The lowest BCUT2D eigenvalue weighted by Gasteiger charge is -2.09. The minimum Gasteiger partial charge on any atom is -0.490 e. The van der Waals surface area contributed by atoms with Gasteiger partial charge >= 0.3 is 0 Å². The number of nitrogens with zero attached hydrogens (tertiary/aromatic N) is 3. The van der Waals surface area contributed by atoms with Crippen LogP contribution in [-0.2, 0) is 0 Å². The summed E-state index contributed by atoms with van der Waals surface area (Å²) in [6.07, 6.45) is 2.56. The molecule has 1 aromatic carbocycles. The molecule has 3 heterocycles. The number of rotatable bonds is 1. The molecule has 4 rings (SSSR count). The highest BCUT2D eigenvalue weighted by atomic mass is 16.5. The molecule has 7 heteroatoms. The zero-order valence-electron chi connectivity index (χ0n) is 11.2. The van der Waals surface area contributed by atoms with Crippen LogP contribution < -0.4 is 15.2 Å². The van der Waals surface area contributed by atoms with E-state index in [-0.39, 0.29) is 5.95 Å². The van der Waals surface area contributed by atoms with Crippen LogP contribution >= 0.6 is 0 Å². The zero-order chi connectivity index (χ0) is 14.2. The highest BCUT2D eigenvalue weighted by Gasteiger charge is 2.15. The molecule has 0 spiro atoms. The molecule has 0 radical (unpaired) electrons. The lowest BCUT2D eigenvalue weighted by molar-refractivity contribution is 0.297. The highest BCUT2D eigenvalue weighted by molar-refractivity contribution is 5.91. The third-order valence-corrected chi connectivity index (χ3v) is 3.35. The van der Waals surface area contributed by atoms with Gasteiger partial charge in [0.05, 0.1) is 30.5 Å². The molecule has 0 atom stereocenters. The number of aromatic nitrogens is 4. The van der Waals surface area contributed by atoms with Gasteiger partial charge in [-0.3, -0.25) is 5.10 Å². The predicted octanol–water partition coefficient (Wildman–Crippen LogP) is 1.76. The fraction of sp³-hybridized carbons (Fsp3) is 0.214. The van der Waals surface area contributed by atoms with Crippen LogP contribution in [0.15, 0.2) is 24.4 Å². The maximum absolute atomic E-state index is 5.76. The summed E-state index contributed by atoms with van der Waals surface area (Å²) in [6.45, 7) is 1.31. The molecule has 106 valence electrons. The number of hydrogen-bond acceptors (Lipinski definition) is 6. The first-order valence-corrected chi connectivity index (χ1v) is 6.68. The van der Waals surface area contributed by atoms with Crippen LogP contribution in [0.5, 0.6) is 11.5 Å². The van der Waals surface area contributed by atoms with Gasteiger partial charge in [-0.15, -0.1) is 0 Å².